The van der Waals surface area contributed by atoms with Crippen LogP contribution in [0.2, 0.25) is 0 Å². The summed E-state index contributed by atoms with van der Waals surface area (Å²) in [6, 6.07) is 0. The van der Waals surface area contributed by atoms with Gasteiger partial charge in [-0.25, -0.2) is 4.98 Å². The molecule has 1 N–H and O–H groups in total. The summed E-state index contributed by atoms with van der Waals surface area (Å²) >= 11 is 1.56. The maximum absolute atomic E-state index is 12.0. The molecule has 0 aliphatic carbocycles. The second kappa shape index (κ2) is 6.36. The Labute approximate surface area is 133 Å². The predicted molar refractivity (Wildman–Crippen MR) is 83.9 cm³/mol. The van der Waals surface area contributed by atoms with Crippen molar-refractivity contribution in [2.45, 2.75) is 32.5 Å². The second-order valence-corrected chi connectivity index (χ2v) is 6.82. The average molecular weight is 323 g/mol. The molecule has 22 heavy (non-hydrogen) atoms. The number of amides is 1. The van der Waals surface area contributed by atoms with Gasteiger partial charge in [-0.3, -0.25) is 9.20 Å². The number of ether oxygens (including phenoxy) is 2. The van der Waals surface area contributed by atoms with Gasteiger partial charge in [0.05, 0.1) is 25.3 Å². The van der Waals surface area contributed by atoms with Crippen LogP contribution in [-0.4, -0.2) is 40.8 Å². The number of carbonyl (C=O) groups is 1. The van der Waals surface area contributed by atoms with E-state index in [0.29, 0.717) is 26.2 Å². The van der Waals surface area contributed by atoms with Crippen LogP contribution in [0.5, 0.6) is 0 Å². The van der Waals surface area contributed by atoms with Crippen LogP contribution < -0.4 is 5.32 Å². The van der Waals surface area contributed by atoms with E-state index >= 15 is 0 Å². The minimum absolute atomic E-state index is 0.00369. The van der Waals surface area contributed by atoms with Crippen molar-refractivity contribution in [1.82, 2.24) is 14.7 Å². The Hall–Kier alpha value is -1.44. The molecule has 0 spiro atoms. The topological polar surface area (TPSA) is 64.9 Å². The monoisotopic (exact) mass is 323 g/mol. The third kappa shape index (κ3) is 3.66. The fraction of sp³-hybridized carbons (Fsp3) is 0.600. The van der Waals surface area contributed by atoms with Gasteiger partial charge in [0.15, 0.2) is 10.7 Å². The molecule has 0 unspecified atom stereocenters. The quantitative estimate of drug-likeness (QED) is 0.881. The molecule has 3 heterocycles. The number of aromatic nitrogens is 2. The number of fused-ring (bicyclic) bond motifs is 1. The Bertz CT molecular complexity index is 617. The van der Waals surface area contributed by atoms with Gasteiger partial charge in [0.25, 0.3) is 0 Å². The van der Waals surface area contributed by atoms with Gasteiger partial charge in [0, 0.05) is 30.7 Å². The summed E-state index contributed by atoms with van der Waals surface area (Å²) in [5.41, 5.74) is 0.798. The normalized spacial score (nSPS) is 18.6. The van der Waals surface area contributed by atoms with Crippen LogP contribution in [0.15, 0.2) is 17.8 Å². The van der Waals surface area contributed by atoms with E-state index in [1.165, 1.54) is 0 Å². The molecule has 7 heteroatoms. The first-order valence-corrected chi connectivity index (χ1v) is 8.38. The van der Waals surface area contributed by atoms with E-state index < -0.39 is 5.79 Å². The lowest BCUT2D eigenvalue weighted by atomic mass is 10.0. The Morgan fingerprint density at radius 1 is 1.55 bits per heavy atom. The van der Waals surface area contributed by atoms with E-state index in [1.807, 2.05) is 29.1 Å². The molecule has 3 rings (SSSR count). The average Bonchev–Trinajstić information content (AvgIpc) is 3.12. The zero-order valence-electron chi connectivity index (χ0n) is 12.9. The maximum Gasteiger partial charge on any atom is 0.226 e. The van der Waals surface area contributed by atoms with Crippen LogP contribution in [0.3, 0.4) is 0 Å². The van der Waals surface area contributed by atoms with Crippen LogP contribution >= 0.6 is 11.3 Å². The summed E-state index contributed by atoms with van der Waals surface area (Å²) in [5, 5.41) is 4.94. The molecule has 2 aromatic heterocycles. The molecular weight excluding hydrogens is 302 g/mol. The Morgan fingerprint density at radius 3 is 3.05 bits per heavy atom. The lowest BCUT2D eigenvalue weighted by Gasteiger charge is -2.25. The van der Waals surface area contributed by atoms with Crippen molar-refractivity contribution in [2.24, 2.45) is 5.92 Å². The number of hydrogen-bond donors (Lipinski definition) is 1. The van der Waals surface area contributed by atoms with E-state index in [1.54, 1.807) is 11.3 Å². The zero-order valence-corrected chi connectivity index (χ0v) is 13.7. The summed E-state index contributed by atoms with van der Waals surface area (Å²) in [7, 11) is 0. The van der Waals surface area contributed by atoms with Crippen molar-refractivity contribution in [2.75, 3.05) is 19.8 Å². The molecule has 1 atom stereocenters. The summed E-state index contributed by atoms with van der Waals surface area (Å²) < 4.78 is 13.1. The molecule has 2 aromatic rings. The number of nitrogens with zero attached hydrogens (tertiary/aromatic N) is 2. The molecule has 1 aliphatic heterocycles. The smallest absolute Gasteiger partial charge is 0.226 e. The van der Waals surface area contributed by atoms with Gasteiger partial charge in [-0.05, 0) is 12.8 Å². The molecule has 0 aromatic carbocycles. The summed E-state index contributed by atoms with van der Waals surface area (Å²) in [6.45, 7) is 5.95. The van der Waals surface area contributed by atoms with E-state index in [0.717, 1.165) is 17.1 Å². The van der Waals surface area contributed by atoms with Crippen LogP contribution in [0, 0.1) is 5.92 Å². The largest absolute Gasteiger partial charge is 0.355 e. The standard InChI is InChI=1S/C15H21N3O3S/c1-11(8-15(2)20-4-5-21-15)9-16-13(19)7-12-10-18-3-6-22-14(18)17-12/h3,6,10-11H,4-5,7-9H2,1-2H3,(H,16,19)/t11-/m1/s1. The lowest BCUT2D eigenvalue weighted by molar-refractivity contribution is -0.154. The van der Waals surface area contributed by atoms with E-state index in [2.05, 4.69) is 17.2 Å². The summed E-state index contributed by atoms with van der Waals surface area (Å²) in [4.78, 5) is 17.3. The molecular formula is C15H21N3O3S. The lowest BCUT2D eigenvalue weighted by Crippen LogP contribution is -2.35. The van der Waals surface area contributed by atoms with Gasteiger partial charge < -0.3 is 14.8 Å². The zero-order chi connectivity index (χ0) is 15.6. The number of hydrogen-bond acceptors (Lipinski definition) is 5. The fourth-order valence-corrected chi connectivity index (χ4v) is 3.48. The van der Waals surface area contributed by atoms with Crippen molar-refractivity contribution >= 4 is 22.2 Å². The fourth-order valence-electron chi connectivity index (χ4n) is 2.76. The summed E-state index contributed by atoms with van der Waals surface area (Å²) in [5.74, 6) is -0.216. The van der Waals surface area contributed by atoms with E-state index in [9.17, 15) is 4.79 Å². The van der Waals surface area contributed by atoms with Crippen molar-refractivity contribution in [1.29, 1.82) is 0 Å². The van der Waals surface area contributed by atoms with E-state index in [-0.39, 0.29) is 11.8 Å². The van der Waals surface area contributed by atoms with Crippen LogP contribution in [-0.2, 0) is 20.7 Å². The van der Waals surface area contributed by atoms with Gasteiger partial charge in [0.1, 0.15) is 0 Å². The first kappa shape index (κ1) is 15.5. The Balaban J connectivity index is 1.44. The highest BCUT2D eigenvalue weighted by Crippen LogP contribution is 2.26. The summed E-state index contributed by atoms with van der Waals surface area (Å²) in [6.07, 6.45) is 4.92. The Morgan fingerprint density at radius 2 is 2.32 bits per heavy atom. The highest BCUT2D eigenvalue weighted by Gasteiger charge is 2.32. The van der Waals surface area contributed by atoms with E-state index in [4.69, 9.17) is 9.47 Å². The predicted octanol–water partition coefficient (Wildman–Crippen LogP) is 1.84. The highest BCUT2D eigenvalue weighted by atomic mass is 32.1. The molecule has 1 aliphatic rings. The third-order valence-electron chi connectivity index (χ3n) is 3.75. The molecule has 1 saturated heterocycles. The molecule has 0 bridgehead atoms. The van der Waals surface area contributed by atoms with Gasteiger partial charge >= 0.3 is 0 Å². The molecule has 120 valence electrons. The third-order valence-corrected chi connectivity index (χ3v) is 4.52. The van der Waals surface area contributed by atoms with Crippen LogP contribution in [0.4, 0.5) is 0 Å². The molecule has 0 saturated carbocycles. The number of nitrogens with one attached hydrogen (secondary N) is 1. The number of imidazole rings is 1. The van der Waals surface area contributed by atoms with Gasteiger partial charge in [-0.1, -0.05) is 6.92 Å². The van der Waals surface area contributed by atoms with Gasteiger partial charge in [-0.2, -0.15) is 0 Å². The van der Waals surface area contributed by atoms with Gasteiger partial charge in [0.2, 0.25) is 5.91 Å². The van der Waals surface area contributed by atoms with Crippen molar-refractivity contribution < 1.29 is 14.3 Å². The van der Waals surface area contributed by atoms with Crippen molar-refractivity contribution in [3.05, 3.63) is 23.5 Å². The van der Waals surface area contributed by atoms with Crippen molar-refractivity contribution in [3.8, 4) is 0 Å². The Kier molecular flexibility index (Phi) is 4.46. The first-order valence-electron chi connectivity index (χ1n) is 7.50. The van der Waals surface area contributed by atoms with Crippen LogP contribution in [0.1, 0.15) is 26.0 Å². The maximum atomic E-state index is 12.0. The minimum Gasteiger partial charge on any atom is -0.355 e. The highest BCUT2D eigenvalue weighted by molar-refractivity contribution is 7.15. The molecule has 1 amide bonds. The number of thiazole rings is 1. The van der Waals surface area contributed by atoms with Crippen molar-refractivity contribution in [3.63, 3.8) is 0 Å². The number of rotatable bonds is 6. The number of carbonyl (C=O) groups excluding carboxylic acids is 1. The SMILES string of the molecule is C[C@@H](CNC(=O)Cc1cn2ccsc2n1)CC1(C)OCCO1. The van der Waals surface area contributed by atoms with Crippen LogP contribution in [0.25, 0.3) is 4.96 Å². The minimum atomic E-state index is -0.502. The first-order chi connectivity index (χ1) is 10.5. The van der Waals surface area contributed by atoms with Gasteiger partial charge in [-0.15, -0.1) is 11.3 Å². The molecule has 1 fully saturated rings. The molecule has 6 nitrogen and oxygen atoms in total. The molecule has 0 radical (unpaired) electrons. The second-order valence-electron chi connectivity index (χ2n) is 5.95.